The second kappa shape index (κ2) is 18.9. The van der Waals surface area contributed by atoms with Gasteiger partial charge in [0.15, 0.2) is 23.1 Å². The Morgan fingerprint density at radius 3 is 1.62 bits per heavy atom. The van der Waals surface area contributed by atoms with Crippen LogP contribution in [0.2, 0.25) is 5.28 Å². The molecular weight excluding hydrogens is 938 g/mol. The van der Waals surface area contributed by atoms with Crippen molar-refractivity contribution in [2.45, 2.75) is 50.9 Å². The van der Waals surface area contributed by atoms with Gasteiger partial charge >= 0.3 is 23.3 Å². The highest BCUT2D eigenvalue weighted by atomic mass is 35.5. The van der Waals surface area contributed by atoms with Gasteiger partial charge in [-0.15, -0.1) is 0 Å². The molecule has 4 aliphatic heterocycles. The summed E-state index contributed by atoms with van der Waals surface area (Å²) in [6.45, 7) is 6.07. The maximum atomic E-state index is 15.3. The number of anilines is 3. The summed E-state index contributed by atoms with van der Waals surface area (Å²) in [7, 11) is 0. The topological polar surface area (TPSA) is 319 Å². The molecule has 8 heterocycles. The van der Waals surface area contributed by atoms with Crippen LogP contribution in [0.3, 0.4) is 0 Å². The SMILES string of the molecule is C[C@H]1COc2c(N3CCC(N)C3)c(F)cc3c(=O)c(C(=O)O)cn1c23.C[C@H]1COc2c(N3CCC(Nc4ncc([N+](=O)[O-])cn4)C3)c(F)cc3c(=O)c(C(=O)O)cn1c23.O=[N+]([O-])c1cnc(Cl)nc1. The summed E-state index contributed by atoms with van der Waals surface area (Å²) in [5, 5.41) is 42.5. The lowest BCUT2D eigenvalue weighted by molar-refractivity contribution is -0.385. The van der Waals surface area contributed by atoms with E-state index >= 15 is 4.39 Å². The molecule has 360 valence electrons. The van der Waals surface area contributed by atoms with Crippen molar-refractivity contribution >= 4 is 74.0 Å². The summed E-state index contributed by atoms with van der Waals surface area (Å²) in [5.74, 6) is -3.27. The zero-order valence-corrected chi connectivity index (χ0v) is 37.0. The summed E-state index contributed by atoms with van der Waals surface area (Å²) in [4.78, 5) is 86.1. The number of rotatable bonds is 8. The third-order valence-electron chi connectivity index (χ3n) is 11.8. The Hall–Kier alpha value is -8.13. The molecule has 24 nitrogen and oxygen atoms in total. The van der Waals surface area contributed by atoms with E-state index in [1.165, 1.54) is 12.4 Å². The molecule has 4 aliphatic rings. The molecule has 2 saturated heterocycles. The molecule has 6 aromatic rings. The third-order valence-corrected chi connectivity index (χ3v) is 12.0. The molecule has 69 heavy (non-hydrogen) atoms. The van der Waals surface area contributed by atoms with E-state index < -0.39 is 49.8 Å². The molecule has 0 radical (unpaired) electrons. The minimum atomic E-state index is -1.37. The van der Waals surface area contributed by atoms with Crippen LogP contribution in [0.5, 0.6) is 11.5 Å². The van der Waals surface area contributed by atoms with E-state index in [0.29, 0.717) is 49.3 Å². The second-order valence-electron chi connectivity index (χ2n) is 16.4. The van der Waals surface area contributed by atoms with Crippen molar-refractivity contribution in [3.8, 4) is 11.5 Å². The molecule has 2 unspecified atom stereocenters. The number of hydrogen-bond acceptors (Lipinski definition) is 18. The predicted molar refractivity (Wildman–Crippen MR) is 242 cm³/mol. The first-order valence-electron chi connectivity index (χ1n) is 21.0. The molecule has 0 aliphatic carbocycles. The van der Waals surface area contributed by atoms with Crippen molar-refractivity contribution in [3.05, 3.63) is 118 Å². The van der Waals surface area contributed by atoms with Crippen molar-refractivity contribution < 1.29 is 47.9 Å². The molecule has 2 fully saturated rings. The fraction of sp³-hybridized carbons (Fsp3) is 0.333. The van der Waals surface area contributed by atoms with Gasteiger partial charge in [0.25, 0.3) is 0 Å². The van der Waals surface area contributed by atoms with Gasteiger partial charge in [-0.1, -0.05) is 0 Å². The second-order valence-corrected chi connectivity index (χ2v) is 16.8. The molecule has 0 bridgehead atoms. The molecular formula is C42H39ClF2N12O12. The number of pyridine rings is 2. The quantitative estimate of drug-likeness (QED) is 0.0923. The Morgan fingerprint density at radius 1 is 0.768 bits per heavy atom. The molecule has 0 amide bonds. The van der Waals surface area contributed by atoms with E-state index in [2.05, 4.69) is 25.3 Å². The smallest absolute Gasteiger partial charge is 0.341 e. The minimum Gasteiger partial charge on any atom is -0.487 e. The Balaban J connectivity index is 0.000000160. The Labute approximate surface area is 390 Å². The monoisotopic (exact) mass is 976 g/mol. The van der Waals surface area contributed by atoms with Gasteiger partial charge in [-0.3, -0.25) is 29.8 Å². The van der Waals surface area contributed by atoms with E-state index in [-0.39, 0.29) is 93.5 Å². The van der Waals surface area contributed by atoms with Crippen LogP contribution in [0.25, 0.3) is 21.8 Å². The van der Waals surface area contributed by atoms with Crippen LogP contribution in [-0.4, -0.2) is 113 Å². The number of carboxylic acids is 2. The summed E-state index contributed by atoms with van der Waals surface area (Å²) in [5.41, 5.74) is 4.57. The highest BCUT2D eigenvalue weighted by molar-refractivity contribution is 6.28. The number of aromatic nitrogens is 6. The van der Waals surface area contributed by atoms with E-state index in [1.54, 1.807) is 14.0 Å². The number of ether oxygens (including phenoxy) is 2. The zero-order valence-electron chi connectivity index (χ0n) is 36.2. The van der Waals surface area contributed by atoms with Gasteiger partial charge in [0.05, 0.1) is 43.7 Å². The number of nitrogens with two attached hydrogens (primary N) is 1. The van der Waals surface area contributed by atoms with Crippen LogP contribution in [0.15, 0.2) is 58.9 Å². The van der Waals surface area contributed by atoms with E-state index in [1.807, 2.05) is 18.7 Å². The minimum absolute atomic E-state index is 0.00519. The maximum absolute atomic E-state index is 15.3. The summed E-state index contributed by atoms with van der Waals surface area (Å²) < 4.78 is 45.2. The Bertz CT molecular complexity index is 3200. The van der Waals surface area contributed by atoms with Crippen molar-refractivity contribution in [1.29, 1.82) is 0 Å². The average molecular weight is 977 g/mol. The van der Waals surface area contributed by atoms with Gasteiger partial charge < -0.3 is 49.7 Å². The van der Waals surface area contributed by atoms with Crippen LogP contribution in [0, 0.1) is 31.9 Å². The lowest BCUT2D eigenvalue weighted by atomic mass is 10.1. The molecule has 4 aromatic heterocycles. The number of nitro groups is 2. The largest absolute Gasteiger partial charge is 0.487 e. The van der Waals surface area contributed by atoms with Crippen molar-refractivity contribution in [2.75, 3.05) is 54.5 Å². The van der Waals surface area contributed by atoms with E-state index in [9.17, 15) is 54.0 Å². The lowest BCUT2D eigenvalue weighted by Crippen LogP contribution is -2.30. The number of carboxylic acid groups (broad SMARTS) is 2. The Morgan fingerprint density at radius 2 is 1.20 bits per heavy atom. The highest BCUT2D eigenvalue weighted by Gasteiger charge is 2.35. The number of benzene rings is 2. The van der Waals surface area contributed by atoms with Gasteiger partial charge in [-0.2, -0.15) is 0 Å². The number of carbonyl (C=O) groups is 2. The summed E-state index contributed by atoms with van der Waals surface area (Å²) in [6, 6.07) is 1.56. The van der Waals surface area contributed by atoms with E-state index in [4.69, 9.17) is 26.8 Å². The van der Waals surface area contributed by atoms with Gasteiger partial charge in [-0.25, -0.2) is 38.3 Å². The normalized spacial score (nSPS) is 18.9. The van der Waals surface area contributed by atoms with Gasteiger partial charge in [-0.05, 0) is 50.4 Å². The van der Waals surface area contributed by atoms with Crippen LogP contribution < -0.4 is 41.2 Å². The number of aromatic carboxylic acids is 2. The lowest BCUT2D eigenvalue weighted by Gasteiger charge is -2.31. The molecule has 0 spiro atoms. The summed E-state index contributed by atoms with van der Waals surface area (Å²) >= 11 is 5.27. The molecule has 2 aromatic carbocycles. The third kappa shape index (κ3) is 9.17. The summed E-state index contributed by atoms with van der Waals surface area (Å²) in [6.07, 6.45) is 8.28. The van der Waals surface area contributed by atoms with E-state index in [0.717, 1.165) is 43.3 Å². The number of nitrogens with one attached hydrogen (secondary N) is 1. The van der Waals surface area contributed by atoms with Crippen LogP contribution in [0.1, 0.15) is 59.5 Å². The van der Waals surface area contributed by atoms with Crippen molar-refractivity contribution in [2.24, 2.45) is 5.73 Å². The molecule has 27 heteroatoms. The number of nitrogens with zero attached hydrogens (tertiary/aromatic N) is 10. The van der Waals surface area contributed by atoms with Crippen LogP contribution >= 0.6 is 11.6 Å². The number of hydrogen-bond donors (Lipinski definition) is 4. The van der Waals surface area contributed by atoms with Gasteiger partial charge in [0.1, 0.15) is 60.5 Å². The Kier molecular flexibility index (Phi) is 13.0. The molecule has 0 saturated carbocycles. The first-order valence-corrected chi connectivity index (χ1v) is 21.4. The van der Waals surface area contributed by atoms with Crippen LogP contribution in [-0.2, 0) is 0 Å². The fourth-order valence-corrected chi connectivity index (χ4v) is 8.56. The zero-order chi connectivity index (χ0) is 49.6. The van der Waals surface area contributed by atoms with Gasteiger partial charge in [0.2, 0.25) is 22.1 Å². The van der Waals surface area contributed by atoms with Gasteiger partial charge in [0, 0.05) is 50.7 Å². The standard InChI is InChI=1S/C21H19FN6O6.C17H18FN3O4.C4H2ClN3O2/c1-10-9-34-19-16-13(18(29)14(20(30)31)8-27(10)16)4-15(22)17(19)26-3-2-11(7-26)25-21-23-5-12(6-24-21)28(32)33;1-8-7-25-16-13-10(15(22)11(17(23)24)6-21(8)13)4-12(18)14(16)20-3-2-9(19)5-20;5-4-6-1-3(2-7-4)8(9)10/h4-6,8,10-11H,2-3,7,9H2,1H3,(H,30,31)(H,23,24,25);4,6,8-9H,2-3,5,7,19H2,1H3,(H,23,24);1-2H/t10-,11?;8-,9?;/m00./s1. The van der Waals surface area contributed by atoms with Crippen molar-refractivity contribution in [1.82, 2.24) is 29.1 Å². The highest BCUT2D eigenvalue weighted by Crippen LogP contribution is 2.44. The molecule has 4 atom stereocenters. The molecule has 5 N–H and O–H groups in total. The first-order chi connectivity index (χ1) is 32.8. The first kappa shape index (κ1) is 47.4. The molecule has 10 rings (SSSR count). The number of halogens is 3. The van der Waals surface area contributed by atoms with Crippen LogP contribution in [0.4, 0.5) is 37.5 Å². The predicted octanol–water partition coefficient (Wildman–Crippen LogP) is 4.55. The van der Waals surface area contributed by atoms with Crippen molar-refractivity contribution in [3.63, 3.8) is 0 Å². The fourth-order valence-electron chi connectivity index (χ4n) is 8.46. The maximum Gasteiger partial charge on any atom is 0.341 e. The average Bonchev–Trinajstić information content (AvgIpc) is 3.96.